The first kappa shape index (κ1) is 17.0. The molecule has 0 saturated carbocycles. The molecule has 0 aromatic carbocycles. The largest absolute Gasteiger partial charge is 0.353 e. The Balaban J connectivity index is 1.88. The molecule has 2 unspecified atom stereocenters. The van der Waals surface area contributed by atoms with Gasteiger partial charge in [-0.1, -0.05) is 65.2 Å². The molecule has 114 valence electrons. The van der Waals surface area contributed by atoms with Crippen molar-refractivity contribution in [3.05, 3.63) is 0 Å². The van der Waals surface area contributed by atoms with Gasteiger partial charge in [-0.25, -0.2) is 0 Å². The maximum absolute atomic E-state index is 5.93. The van der Waals surface area contributed by atoms with Crippen molar-refractivity contribution in [2.75, 3.05) is 6.61 Å². The van der Waals surface area contributed by atoms with Crippen LogP contribution in [0, 0.1) is 0 Å². The lowest BCUT2D eigenvalue weighted by Crippen LogP contribution is -2.15. The quantitative estimate of drug-likeness (QED) is 0.439. The second kappa shape index (κ2) is 11.7. The molecule has 0 spiro atoms. The van der Waals surface area contributed by atoms with Crippen molar-refractivity contribution in [3.63, 3.8) is 0 Å². The zero-order valence-electron chi connectivity index (χ0n) is 13.2. The summed E-state index contributed by atoms with van der Waals surface area (Å²) in [5.74, 6) is 0. The molecule has 0 bridgehead atoms. The Kier molecular flexibility index (Phi) is 10.5. The van der Waals surface area contributed by atoms with E-state index in [0.717, 1.165) is 13.0 Å². The number of unbranched alkanes of at least 4 members (excludes halogenated alkanes) is 7. The van der Waals surface area contributed by atoms with E-state index < -0.39 is 0 Å². The van der Waals surface area contributed by atoms with Gasteiger partial charge >= 0.3 is 0 Å². The maximum atomic E-state index is 5.93. The Bertz CT molecular complexity index is 194. The molecule has 0 aromatic heterocycles. The minimum atomic E-state index is 0.0993. The Morgan fingerprint density at radius 2 is 1.53 bits per heavy atom. The van der Waals surface area contributed by atoms with E-state index >= 15 is 0 Å². The van der Waals surface area contributed by atoms with Crippen LogP contribution in [-0.2, 0) is 9.47 Å². The van der Waals surface area contributed by atoms with Crippen LogP contribution >= 0.6 is 0 Å². The first-order valence-electron chi connectivity index (χ1n) is 8.63. The molecular weight excluding hydrogens is 236 g/mol. The molecule has 1 aliphatic rings. The lowest BCUT2D eigenvalue weighted by molar-refractivity contribution is -0.135. The maximum Gasteiger partial charge on any atom is 0.158 e. The molecule has 1 heterocycles. The van der Waals surface area contributed by atoms with Crippen LogP contribution in [0.15, 0.2) is 0 Å². The summed E-state index contributed by atoms with van der Waals surface area (Å²) < 4.78 is 11.8. The minimum Gasteiger partial charge on any atom is -0.353 e. The van der Waals surface area contributed by atoms with Crippen LogP contribution in [0.3, 0.4) is 0 Å². The second-order valence-electron chi connectivity index (χ2n) is 5.90. The third-order valence-electron chi connectivity index (χ3n) is 4.00. The lowest BCUT2D eigenvalue weighted by atomic mass is 10.1. The lowest BCUT2D eigenvalue weighted by Gasteiger charge is -2.14. The topological polar surface area (TPSA) is 18.5 Å². The van der Waals surface area contributed by atoms with Crippen molar-refractivity contribution >= 4 is 0 Å². The average molecular weight is 270 g/mol. The highest BCUT2D eigenvalue weighted by Gasteiger charge is 2.24. The fourth-order valence-electron chi connectivity index (χ4n) is 2.73. The molecule has 0 aromatic rings. The predicted octanol–water partition coefficient (Wildman–Crippen LogP) is 5.45. The fraction of sp³-hybridized carbons (Fsp3) is 1.00. The van der Waals surface area contributed by atoms with E-state index in [9.17, 15) is 0 Å². The molecule has 1 aliphatic heterocycles. The van der Waals surface area contributed by atoms with E-state index in [-0.39, 0.29) is 6.29 Å². The van der Waals surface area contributed by atoms with Gasteiger partial charge in [-0.15, -0.1) is 0 Å². The molecule has 2 nitrogen and oxygen atoms in total. The second-order valence-corrected chi connectivity index (χ2v) is 5.90. The van der Waals surface area contributed by atoms with Gasteiger partial charge < -0.3 is 9.47 Å². The molecule has 2 atom stereocenters. The zero-order valence-corrected chi connectivity index (χ0v) is 13.2. The third kappa shape index (κ3) is 8.65. The molecule has 0 N–H and O–H groups in total. The third-order valence-corrected chi connectivity index (χ3v) is 4.00. The van der Waals surface area contributed by atoms with Gasteiger partial charge in [0, 0.05) is 13.0 Å². The van der Waals surface area contributed by atoms with Crippen LogP contribution in [0.25, 0.3) is 0 Å². The zero-order chi connectivity index (χ0) is 13.8. The number of hydrogen-bond donors (Lipinski definition) is 0. The molecule has 2 heteroatoms. The molecule has 1 saturated heterocycles. The van der Waals surface area contributed by atoms with Crippen molar-refractivity contribution in [2.45, 2.75) is 103 Å². The van der Waals surface area contributed by atoms with Crippen LogP contribution in [0.5, 0.6) is 0 Å². The number of rotatable bonds is 12. The van der Waals surface area contributed by atoms with Crippen LogP contribution in [0.2, 0.25) is 0 Å². The Hall–Kier alpha value is -0.0800. The van der Waals surface area contributed by atoms with Crippen molar-refractivity contribution in [3.8, 4) is 0 Å². The smallest absolute Gasteiger partial charge is 0.158 e. The summed E-state index contributed by atoms with van der Waals surface area (Å²) >= 11 is 0. The molecular formula is C17H34O2. The summed E-state index contributed by atoms with van der Waals surface area (Å²) in [4.78, 5) is 0. The number of hydrogen-bond acceptors (Lipinski definition) is 2. The molecule has 1 rings (SSSR count). The van der Waals surface area contributed by atoms with E-state index in [1.807, 2.05) is 0 Å². The molecule has 1 fully saturated rings. The molecule has 0 radical (unpaired) electrons. The van der Waals surface area contributed by atoms with E-state index in [2.05, 4.69) is 13.8 Å². The summed E-state index contributed by atoms with van der Waals surface area (Å²) in [6, 6.07) is 0. The van der Waals surface area contributed by atoms with Crippen LogP contribution < -0.4 is 0 Å². The first-order valence-corrected chi connectivity index (χ1v) is 8.63. The van der Waals surface area contributed by atoms with E-state index in [1.165, 1.54) is 70.6 Å². The number of ether oxygens (including phenoxy) is 2. The minimum absolute atomic E-state index is 0.0993. The summed E-state index contributed by atoms with van der Waals surface area (Å²) in [5, 5.41) is 0. The highest BCUT2D eigenvalue weighted by Crippen LogP contribution is 2.24. The molecule has 0 amide bonds. The predicted molar refractivity (Wildman–Crippen MR) is 81.4 cm³/mol. The van der Waals surface area contributed by atoms with Gasteiger partial charge in [0.25, 0.3) is 0 Å². The SMILES string of the molecule is CCCCCCCCOC1CCC(CCCCC)O1. The summed E-state index contributed by atoms with van der Waals surface area (Å²) in [6.45, 7) is 5.40. The van der Waals surface area contributed by atoms with Crippen molar-refractivity contribution < 1.29 is 9.47 Å². The van der Waals surface area contributed by atoms with E-state index in [1.54, 1.807) is 0 Å². The highest BCUT2D eigenvalue weighted by atomic mass is 16.7. The van der Waals surface area contributed by atoms with Gasteiger partial charge in [0.1, 0.15) is 0 Å². The summed E-state index contributed by atoms with van der Waals surface area (Å²) in [5.41, 5.74) is 0. The highest BCUT2D eigenvalue weighted by molar-refractivity contribution is 4.68. The van der Waals surface area contributed by atoms with Gasteiger partial charge in [-0.3, -0.25) is 0 Å². The van der Waals surface area contributed by atoms with Crippen molar-refractivity contribution in [2.24, 2.45) is 0 Å². The molecule has 0 aliphatic carbocycles. The van der Waals surface area contributed by atoms with E-state index in [0.29, 0.717) is 6.10 Å². The van der Waals surface area contributed by atoms with Crippen LogP contribution in [-0.4, -0.2) is 19.0 Å². The first-order chi connectivity index (χ1) is 9.36. The normalized spacial score (nSPS) is 23.1. The van der Waals surface area contributed by atoms with Crippen molar-refractivity contribution in [1.29, 1.82) is 0 Å². The standard InChI is InChI=1S/C17H34O2/c1-3-5-7-8-9-11-15-18-17-14-13-16(19-17)12-10-6-4-2/h16-17H,3-15H2,1-2H3. The van der Waals surface area contributed by atoms with Crippen LogP contribution in [0.1, 0.15) is 90.9 Å². The fourth-order valence-corrected chi connectivity index (χ4v) is 2.73. The molecule has 19 heavy (non-hydrogen) atoms. The van der Waals surface area contributed by atoms with Crippen LogP contribution in [0.4, 0.5) is 0 Å². The van der Waals surface area contributed by atoms with Gasteiger partial charge in [0.2, 0.25) is 0 Å². The van der Waals surface area contributed by atoms with Gasteiger partial charge in [-0.2, -0.15) is 0 Å². The summed E-state index contributed by atoms with van der Waals surface area (Å²) in [7, 11) is 0. The van der Waals surface area contributed by atoms with Gasteiger partial charge in [0.15, 0.2) is 6.29 Å². The average Bonchev–Trinajstić information content (AvgIpc) is 2.86. The Labute approximate surface area is 120 Å². The monoisotopic (exact) mass is 270 g/mol. The van der Waals surface area contributed by atoms with Gasteiger partial charge in [-0.05, 0) is 19.3 Å². The van der Waals surface area contributed by atoms with Crippen molar-refractivity contribution in [1.82, 2.24) is 0 Å². The van der Waals surface area contributed by atoms with Gasteiger partial charge in [0.05, 0.1) is 6.10 Å². The Morgan fingerprint density at radius 3 is 2.32 bits per heavy atom. The van der Waals surface area contributed by atoms with E-state index in [4.69, 9.17) is 9.47 Å². The summed E-state index contributed by atoms with van der Waals surface area (Å²) in [6.07, 6.45) is 16.0. The Morgan fingerprint density at radius 1 is 0.842 bits per heavy atom.